The van der Waals surface area contributed by atoms with E-state index in [-0.39, 0.29) is 18.4 Å². The van der Waals surface area contributed by atoms with Crippen molar-refractivity contribution in [3.63, 3.8) is 0 Å². The average Bonchev–Trinajstić information content (AvgIpc) is 2.85. The van der Waals surface area contributed by atoms with E-state index in [0.29, 0.717) is 30.2 Å². The van der Waals surface area contributed by atoms with Crippen molar-refractivity contribution in [3.8, 4) is 0 Å². The maximum absolute atomic E-state index is 12.4. The molecule has 1 saturated heterocycles. The molecule has 25 heavy (non-hydrogen) atoms. The van der Waals surface area contributed by atoms with Gasteiger partial charge in [-0.1, -0.05) is 25.4 Å². The van der Waals surface area contributed by atoms with E-state index in [1.54, 1.807) is 11.8 Å². The van der Waals surface area contributed by atoms with Gasteiger partial charge in [0.1, 0.15) is 12.1 Å². The minimum absolute atomic E-state index is 0.252. The van der Waals surface area contributed by atoms with Crippen molar-refractivity contribution in [2.24, 2.45) is 0 Å². The van der Waals surface area contributed by atoms with Crippen molar-refractivity contribution >= 4 is 41.2 Å². The maximum atomic E-state index is 12.4. The van der Waals surface area contributed by atoms with Crippen LogP contribution in [0, 0.1) is 0 Å². The Hall–Kier alpha value is -1.73. The van der Waals surface area contributed by atoms with E-state index in [4.69, 9.17) is 11.6 Å². The molecule has 0 radical (unpaired) electrons. The van der Waals surface area contributed by atoms with Crippen molar-refractivity contribution in [1.82, 2.24) is 15.5 Å². The van der Waals surface area contributed by atoms with Crippen LogP contribution in [0.15, 0.2) is 29.2 Å². The Morgan fingerprint density at radius 1 is 1.24 bits per heavy atom. The van der Waals surface area contributed by atoms with Gasteiger partial charge in [0.2, 0.25) is 5.91 Å². The van der Waals surface area contributed by atoms with Gasteiger partial charge in [0, 0.05) is 22.2 Å². The van der Waals surface area contributed by atoms with E-state index in [2.05, 4.69) is 10.6 Å². The standard InChI is InChI=1S/C17H22ClN3O3S/c1-3-17(4-2)15(23)21(16(24)20-17)11-14(22)19-9-10-25-13-7-5-12(18)6-8-13/h5-8H,3-4,9-11H2,1-2H3,(H,19,22)(H,20,24). The number of hydrogen-bond acceptors (Lipinski definition) is 4. The van der Waals surface area contributed by atoms with Crippen LogP contribution < -0.4 is 10.6 Å². The van der Waals surface area contributed by atoms with Crippen LogP contribution in [0.1, 0.15) is 26.7 Å². The summed E-state index contributed by atoms with van der Waals surface area (Å²) in [6.45, 7) is 3.89. The van der Waals surface area contributed by atoms with Crippen LogP contribution >= 0.6 is 23.4 Å². The zero-order chi connectivity index (χ0) is 18.4. The predicted molar refractivity (Wildman–Crippen MR) is 98.7 cm³/mol. The Kier molecular flexibility index (Phi) is 6.72. The molecule has 136 valence electrons. The van der Waals surface area contributed by atoms with E-state index in [9.17, 15) is 14.4 Å². The fourth-order valence-corrected chi connectivity index (χ4v) is 3.53. The number of thioether (sulfide) groups is 1. The van der Waals surface area contributed by atoms with Gasteiger partial charge >= 0.3 is 6.03 Å². The molecule has 8 heteroatoms. The first-order chi connectivity index (χ1) is 11.9. The van der Waals surface area contributed by atoms with E-state index in [0.717, 1.165) is 9.80 Å². The third-order valence-electron chi connectivity index (χ3n) is 4.26. The number of nitrogens with zero attached hydrogens (tertiary/aromatic N) is 1. The molecule has 0 spiro atoms. The summed E-state index contributed by atoms with van der Waals surface area (Å²) in [6, 6.07) is 6.95. The van der Waals surface area contributed by atoms with Crippen LogP contribution in [0.5, 0.6) is 0 Å². The normalized spacial score (nSPS) is 16.0. The van der Waals surface area contributed by atoms with Gasteiger partial charge in [0.25, 0.3) is 5.91 Å². The molecule has 0 unspecified atom stereocenters. The molecule has 1 fully saturated rings. The quantitative estimate of drug-likeness (QED) is 0.411. The third-order valence-corrected chi connectivity index (χ3v) is 5.53. The van der Waals surface area contributed by atoms with Gasteiger partial charge in [0.05, 0.1) is 0 Å². The van der Waals surface area contributed by atoms with E-state index in [1.165, 1.54) is 0 Å². The Morgan fingerprint density at radius 2 is 1.88 bits per heavy atom. The van der Waals surface area contributed by atoms with Crippen molar-refractivity contribution in [2.75, 3.05) is 18.8 Å². The first-order valence-corrected chi connectivity index (χ1v) is 9.57. The molecule has 1 aliphatic rings. The largest absolute Gasteiger partial charge is 0.354 e. The first kappa shape index (κ1) is 19.6. The van der Waals surface area contributed by atoms with Crippen molar-refractivity contribution < 1.29 is 14.4 Å². The second-order valence-electron chi connectivity index (χ2n) is 5.76. The number of halogens is 1. The summed E-state index contributed by atoms with van der Waals surface area (Å²) in [7, 11) is 0. The van der Waals surface area contributed by atoms with Crippen molar-refractivity contribution in [3.05, 3.63) is 29.3 Å². The SMILES string of the molecule is CCC1(CC)NC(=O)N(CC(=O)NCCSc2ccc(Cl)cc2)C1=O. The molecular formula is C17H22ClN3O3S. The van der Waals surface area contributed by atoms with Gasteiger partial charge in [-0.2, -0.15) is 0 Å². The van der Waals surface area contributed by atoms with Gasteiger partial charge < -0.3 is 10.6 Å². The van der Waals surface area contributed by atoms with Crippen LogP contribution in [0.25, 0.3) is 0 Å². The molecule has 1 aliphatic heterocycles. The van der Waals surface area contributed by atoms with Crippen LogP contribution in [-0.4, -0.2) is 47.1 Å². The molecule has 6 nitrogen and oxygen atoms in total. The Balaban J connectivity index is 1.77. The molecular weight excluding hydrogens is 362 g/mol. The molecule has 2 N–H and O–H groups in total. The van der Waals surface area contributed by atoms with Crippen molar-refractivity contribution in [1.29, 1.82) is 0 Å². The fraction of sp³-hybridized carbons (Fsp3) is 0.471. The lowest BCUT2D eigenvalue weighted by Gasteiger charge is -2.22. The number of amides is 4. The Bertz CT molecular complexity index is 647. The lowest BCUT2D eigenvalue weighted by Crippen LogP contribution is -2.46. The Morgan fingerprint density at radius 3 is 2.44 bits per heavy atom. The van der Waals surface area contributed by atoms with Crippen LogP contribution in [0.4, 0.5) is 4.79 Å². The molecule has 0 aliphatic carbocycles. The number of benzene rings is 1. The van der Waals surface area contributed by atoms with Gasteiger partial charge in [0.15, 0.2) is 0 Å². The van der Waals surface area contributed by atoms with Gasteiger partial charge in [-0.3, -0.25) is 14.5 Å². The minimum Gasteiger partial charge on any atom is -0.354 e. The van der Waals surface area contributed by atoms with E-state index >= 15 is 0 Å². The second kappa shape index (κ2) is 8.58. The predicted octanol–water partition coefficient (Wildman–Crippen LogP) is 2.66. The molecule has 2 rings (SSSR count). The monoisotopic (exact) mass is 383 g/mol. The molecule has 1 heterocycles. The number of nitrogens with one attached hydrogen (secondary N) is 2. The molecule has 4 amide bonds. The fourth-order valence-electron chi connectivity index (χ4n) is 2.64. The lowest BCUT2D eigenvalue weighted by atomic mass is 9.93. The molecule has 0 aromatic heterocycles. The third kappa shape index (κ3) is 4.67. The zero-order valence-corrected chi connectivity index (χ0v) is 15.9. The summed E-state index contributed by atoms with van der Waals surface area (Å²) >= 11 is 7.42. The smallest absolute Gasteiger partial charge is 0.325 e. The maximum Gasteiger partial charge on any atom is 0.325 e. The second-order valence-corrected chi connectivity index (χ2v) is 7.37. The summed E-state index contributed by atoms with van der Waals surface area (Å²) in [5.74, 6) is 0.0119. The molecule has 0 bridgehead atoms. The highest BCUT2D eigenvalue weighted by atomic mass is 35.5. The van der Waals surface area contributed by atoms with Crippen LogP contribution in [0.3, 0.4) is 0 Å². The number of urea groups is 1. The summed E-state index contributed by atoms with van der Waals surface area (Å²) in [5.41, 5.74) is -0.873. The molecule has 0 saturated carbocycles. The van der Waals surface area contributed by atoms with Gasteiger partial charge in [-0.05, 0) is 37.1 Å². The number of carbonyl (C=O) groups is 3. The number of carbonyl (C=O) groups excluding carboxylic acids is 3. The van der Waals surface area contributed by atoms with Gasteiger partial charge in [-0.15, -0.1) is 11.8 Å². The number of rotatable bonds is 8. The summed E-state index contributed by atoms with van der Waals surface area (Å²) < 4.78 is 0. The average molecular weight is 384 g/mol. The molecule has 1 aromatic carbocycles. The molecule has 0 atom stereocenters. The first-order valence-electron chi connectivity index (χ1n) is 8.21. The van der Waals surface area contributed by atoms with E-state index < -0.39 is 11.6 Å². The van der Waals surface area contributed by atoms with Crippen molar-refractivity contribution in [2.45, 2.75) is 37.1 Å². The number of imide groups is 1. The van der Waals surface area contributed by atoms with E-state index in [1.807, 2.05) is 38.1 Å². The molecule has 1 aromatic rings. The van der Waals surface area contributed by atoms with Crippen LogP contribution in [0.2, 0.25) is 5.02 Å². The topological polar surface area (TPSA) is 78.5 Å². The summed E-state index contributed by atoms with van der Waals surface area (Å²) in [6.07, 6.45) is 1.01. The zero-order valence-electron chi connectivity index (χ0n) is 14.3. The highest BCUT2D eigenvalue weighted by Crippen LogP contribution is 2.24. The summed E-state index contributed by atoms with van der Waals surface area (Å²) in [4.78, 5) is 38.5. The van der Waals surface area contributed by atoms with Crippen LogP contribution in [-0.2, 0) is 9.59 Å². The number of hydrogen-bond donors (Lipinski definition) is 2. The van der Waals surface area contributed by atoms with Gasteiger partial charge in [-0.25, -0.2) is 4.79 Å². The highest BCUT2D eigenvalue weighted by Gasteiger charge is 2.49. The summed E-state index contributed by atoms with van der Waals surface area (Å²) in [5, 5.41) is 6.13. The lowest BCUT2D eigenvalue weighted by molar-refractivity contribution is -0.135. The Labute approximate surface area is 156 Å². The minimum atomic E-state index is -0.873. The highest BCUT2D eigenvalue weighted by molar-refractivity contribution is 7.99.